The van der Waals surface area contributed by atoms with Crippen molar-refractivity contribution in [1.82, 2.24) is 9.97 Å². The van der Waals surface area contributed by atoms with Crippen LogP contribution >= 0.6 is 0 Å². The van der Waals surface area contributed by atoms with Gasteiger partial charge in [-0.25, -0.2) is 9.97 Å². The van der Waals surface area contributed by atoms with Gasteiger partial charge in [0.25, 0.3) is 5.91 Å². The summed E-state index contributed by atoms with van der Waals surface area (Å²) in [6.07, 6.45) is 2.91. The summed E-state index contributed by atoms with van der Waals surface area (Å²) in [5, 5.41) is 2.50. The third kappa shape index (κ3) is 2.63. The zero-order valence-electron chi connectivity index (χ0n) is 9.14. The van der Waals surface area contributed by atoms with Gasteiger partial charge >= 0.3 is 0 Å². The average molecular weight is 231 g/mol. The third-order valence-corrected chi connectivity index (χ3v) is 2.16. The molecule has 0 aliphatic heterocycles. The van der Waals surface area contributed by atoms with Gasteiger partial charge in [0.1, 0.15) is 5.82 Å². The van der Waals surface area contributed by atoms with E-state index < -0.39 is 11.9 Å². The maximum atomic E-state index is 13.2. The van der Waals surface area contributed by atoms with E-state index in [1.165, 1.54) is 18.3 Å². The van der Waals surface area contributed by atoms with Crippen LogP contribution in [-0.4, -0.2) is 15.9 Å². The molecule has 1 amide bonds. The number of halogens is 1. The minimum Gasteiger partial charge on any atom is -0.306 e. The molecule has 0 aromatic carbocycles. The van der Waals surface area contributed by atoms with Crippen molar-refractivity contribution in [1.29, 1.82) is 0 Å². The predicted molar refractivity (Wildman–Crippen MR) is 61.1 cm³/mol. The van der Waals surface area contributed by atoms with Crippen molar-refractivity contribution < 1.29 is 9.18 Å². The van der Waals surface area contributed by atoms with E-state index in [9.17, 15) is 9.18 Å². The third-order valence-electron chi connectivity index (χ3n) is 2.16. The van der Waals surface area contributed by atoms with Crippen LogP contribution in [0.2, 0.25) is 0 Å². The maximum Gasteiger partial charge on any atom is 0.261 e. The lowest BCUT2D eigenvalue weighted by atomic mass is 10.2. The van der Waals surface area contributed by atoms with Crippen LogP contribution in [-0.2, 0) is 0 Å². The lowest BCUT2D eigenvalue weighted by Crippen LogP contribution is -2.15. The van der Waals surface area contributed by atoms with Gasteiger partial charge in [0.15, 0.2) is 0 Å². The number of amides is 1. The van der Waals surface area contributed by atoms with Gasteiger partial charge in [-0.15, -0.1) is 0 Å². The number of carbonyl (C=O) groups is 1. The summed E-state index contributed by atoms with van der Waals surface area (Å²) in [5.41, 5.74) is 0.880. The summed E-state index contributed by atoms with van der Waals surface area (Å²) in [6.45, 7) is 1.89. The number of aryl methyl sites for hydroxylation is 1. The van der Waals surface area contributed by atoms with Crippen molar-refractivity contribution in [3.05, 3.63) is 53.7 Å². The Kier molecular flexibility index (Phi) is 3.09. The number of pyridine rings is 2. The van der Waals surface area contributed by atoms with Gasteiger partial charge in [-0.2, -0.15) is 4.39 Å². The summed E-state index contributed by atoms with van der Waals surface area (Å²) in [4.78, 5) is 19.1. The van der Waals surface area contributed by atoms with Crippen LogP contribution in [0.4, 0.5) is 10.2 Å². The van der Waals surface area contributed by atoms with E-state index in [1.807, 2.05) is 13.0 Å². The lowest BCUT2D eigenvalue weighted by Gasteiger charge is -2.04. The Bertz CT molecular complexity index is 540. The summed E-state index contributed by atoms with van der Waals surface area (Å²) in [7, 11) is 0. The normalized spacial score (nSPS) is 10.0. The molecular weight excluding hydrogens is 221 g/mol. The molecule has 0 atom stereocenters. The molecule has 0 spiro atoms. The number of hydrogen-bond donors (Lipinski definition) is 1. The largest absolute Gasteiger partial charge is 0.306 e. The highest BCUT2D eigenvalue weighted by Crippen LogP contribution is 2.08. The van der Waals surface area contributed by atoms with Crippen LogP contribution in [0.1, 0.15) is 15.9 Å². The molecule has 0 saturated heterocycles. The summed E-state index contributed by atoms with van der Waals surface area (Å²) >= 11 is 0. The Morgan fingerprint density at radius 1 is 1.29 bits per heavy atom. The fraction of sp³-hybridized carbons (Fsp3) is 0.0833. The first kappa shape index (κ1) is 11.2. The molecule has 17 heavy (non-hydrogen) atoms. The molecule has 4 nitrogen and oxygen atoms in total. The van der Waals surface area contributed by atoms with Gasteiger partial charge < -0.3 is 5.32 Å². The summed E-state index contributed by atoms with van der Waals surface area (Å²) < 4.78 is 13.2. The van der Waals surface area contributed by atoms with E-state index >= 15 is 0 Å². The predicted octanol–water partition coefficient (Wildman–Crippen LogP) is 2.18. The topological polar surface area (TPSA) is 54.9 Å². The summed E-state index contributed by atoms with van der Waals surface area (Å²) in [5.74, 6) is -0.979. The van der Waals surface area contributed by atoms with Crippen molar-refractivity contribution in [3.63, 3.8) is 0 Å². The number of carbonyl (C=O) groups excluding carboxylic acids is 1. The van der Waals surface area contributed by atoms with Crippen LogP contribution in [0.15, 0.2) is 36.7 Å². The minimum atomic E-state index is -0.794. The molecule has 0 aliphatic rings. The molecule has 0 saturated carbocycles. The van der Waals surface area contributed by atoms with E-state index in [4.69, 9.17) is 0 Å². The first-order chi connectivity index (χ1) is 8.16. The molecule has 2 rings (SSSR count). The Hall–Kier alpha value is -2.30. The van der Waals surface area contributed by atoms with E-state index in [-0.39, 0.29) is 5.56 Å². The second kappa shape index (κ2) is 4.69. The number of anilines is 1. The lowest BCUT2D eigenvalue weighted by molar-refractivity contribution is 0.102. The Labute approximate surface area is 97.5 Å². The first-order valence-electron chi connectivity index (χ1n) is 5.01. The molecule has 5 heteroatoms. The van der Waals surface area contributed by atoms with Crippen LogP contribution in [0.5, 0.6) is 0 Å². The highest BCUT2D eigenvalue weighted by molar-refractivity contribution is 6.03. The van der Waals surface area contributed by atoms with E-state index in [0.717, 1.165) is 5.56 Å². The van der Waals surface area contributed by atoms with Crippen molar-refractivity contribution in [3.8, 4) is 0 Å². The van der Waals surface area contributed by atoms with Gasteiger partial charge in [0.05, 0.1) is 5.56 Å². The van der Waals surface area contributed by atoms with Gasteiger partial charge in [-0.3, -0.25) is 4.79 Å². The fourth-order valence-electron chi connectivity index (χ4n) is 1.28. The monoisotopic (exact) mass is 231 g/mol. The Balaban J connectivity index is 2.17. The molecule has 2 heterocycles. The van der Waals surface area contributed by atoms with E-state index in [0.29, 0.717) is 5.82 Å². The molecule has 2 aromatic heterocycles. The standard InChI is InChI=1S/C12H10FN3O/c1-8-4-5-10(15-7-8)16-12(17)9-3-2-6-14-11(9)13/h2-7H,1H3,(H,15,16,17). The minimum absolute atomic E-state index is 0.102. The molecule has 0 radical (unpaired) electrons. The zero-order chi connectivity index (χ0) is 12.3. The van der Waals surface area contributed by atoms with Crippen molar-refractivity contribution in [2.75, 3.05) is 5.32 Å². The van der Waals surface area contributed by atoms with Crippen molar-refractivity contribution >= 4 is 11.7 Å². The van der Waals surface area contributed by atoms with Crippen molar-refractivity contribution in [2.45, 2.75) is 6.92 Å². The van der Waals surface area contributed by atoms with Crippen LogP contribution in [0.25, 0.3) is 0 Å². The molecule has 0 aliphatic carbocycles. The smallest absolute Gasteiger partial charge is 0.261 e. The zero-order valence-corrected chi connectivity index (χ0v) is 9.14. The molecule has 0 bridgehead atoms. The highest BCUT2D eigenvalue weighted by Gasteiger charge is 2.12. The average Bonchev–Trinajstić information content (AvgIpc) is 2.32. The molecular formula is C12H10FN3O. The Morgan fingerprint density at radius 3 is 2.76 bits per heavy atom. The second-order valence-electron chi connectivity index (χ2n) is 3.52. The SMILES string of the molecule is Cc1ccc(NC(=O)c2cccnc2F)nc1. The fourth-order valence-corrected chi connectivity index (χ4v) is 1.28. The number of nitrogens with zero attached hydrogens (tertiary/aromatic N) is 2. The van der Waals surface area contributed by atoms with Gasteiger partial charge in [-0.05, 0) is 30.7 Å². The van der Waals surface area contributed by atoms with Gasteiger partial charge in [0, 0.05) is 12.4 Å². The van der Waals surface area contributed by atoms with Crippen LogP contribution < -0.4 is 5.32 Å². The molecule has 2 aromatic rings. The maximum absolute atomic E-state index is 13.2. The molecule has 86 valence electrons. The highest BCUT2D eigenvalue weighted by atomic mass is 19.1. The number of rotatable bonds is 2. The Morgan fingerprint density at radius 2 is 2.12 bits per heavy atom. The van der Waals surface area contributed by atoms with Gasteiger partial charge in [0.2, 0.25) is 5.95 Å². The first-order valence-corrected chi connectivity index (χ1v) is 5.01. The number of hydrogen-bond acceptors (Lipinski definition) is 3. The molecule has 0 unspecified atom stereocenters. The number of aromatic nitrogens is 2. The van der Waals surface area contributed by atoms with Crippen LogP contribution in [0, 0.1) is 12.9 Å². The van der Waals surface area contributed by atoms with E-state index in [1.54, 1.807) is 12.3 Å². The van der Waals surface area contributed by atoms with Crippen molar-refractivity contribution in [2.24, 2.45) is 0 Å². The van der Waals surface area contributed by atoms with E-state index in [2.05, 4.69) is 15.3 Å². The van der Waals surface area contributed by atoms with Gasteiger partial charge in [-0.1, -0.05) is 6.07 Å². The quantitative estimate of drug-likeness (QED) is 0.806. The molecule has 1 N–H and O–H groups in total. The number of nitrogens with one attached hydrogen (secondary N) is 1. The summed E-state index contributed by atoms with van der Waals surface area (Å²) in [6, 6.07) is 6.33. The van der Waals surface area contributed by atoms with Crippen LogP contribution in [0.3, 0.4) is 0 Å². The molecule has 0 fully saturated rings. The second-order valence-corrected chi connectivity index (χ2v) is 3.52.